The van der Waals surface area contributed by atoms with E-state index in [0.29, 0.717) is 5.92 Å². The molecule has 9 aromatic rings. The van der Waals surface area contributed by atoms with Crippen molar-refractivity contribution in [1.29, 1.82) is 0 Å². The number of hydrogen-bond acceptors (Lipinski definition) is 2. The lowest BCUT2D eigenvalue weighted by Crippen LogP contribution is -2.11. The Kier molecular flexibility index (Phi) is 5.71. The van der Waals surface area contributed by atoms with Gasteiger partial charge in [0.1, 0.15) is 23.0 Å². The van der Waals surface area contributed by atoms with Crippen LogP contribution in [-0.2, 0) is 0 Å². The first-order valence-corrected chi connectivity index (χ1v) is 17.5. The topological polar surface area (TPSA) is 22.4 Å². The molecule has 1 aliphatic heterocycles. The molecule has 2 heteroatoms. The minimum absolute atomic E-state index is 0.228. The largest absolute Gasteiger partial charge is 0.489 e. The van der Waals surface area contributed by atoms with Crippen LogP contribution in [0.5, 0.6) is 5.75 Å². The maximum Gasteiger partial charge on any atom is 0.142 e. The SMILES string of the molecule is c1cc(-c2cc3c(oc4ccccc43)c3c2OC2CCCC32)cc(-c2c3ccccc3c(-c3ccc4ccccc4c3)c3ccccc23)c1. The molecule has 2 atom stereocenters. The number of rotatable bonds is 3. The van der Waals surface area contributed by atoms with E-state index >= 15 is 0 Å². The van der Waals surface area contributed by atoms with Gasteiger partial charge >= 0.3 is 0 Å². The Morgan fingerprint density at radius 1 is 0.469 bits per heavy atom. The van der Waals surface area contributed by atoms with Crippen molar-refractivity contribution in [2.45, 2.75) is 31.3 Å². The van der Waals surface area contributed by atoms with Crippen LogP contribution in [0.15, 0.2) is 150 Å². The predicted octanol–water partition coefficient (Wildman–Crippen LogP) is 13.1. The summed E-state index contributed by atoms with van der Waals surface area (Å²) in [6, 6.07) is 53.2. The Bertz CT molecular complexity index is 2740. The zero-order valence-corrected chi connectivity index (χ0v) is 26.9. The van der Waals surface area contributed by atoms with E-state index in [1.165, 1.54) is 82.9 Å². The first kappa shape index (κ1) is 27.1. The molecular formula is C47H32O2. The third kappa shape index (κ3) is 3.95. The predicted molar refractivity (Wildman–Crippen MR) is 204 cm³/mol. The fourth-order valence-corrected chi connectivity index (χ4v) is 9.03. The van der Waals surface area contributed by atoms with Crippen LogP contribution in [0.4, 0.5) is 0 Å². The standard InChI is InChI=1S/C47H32O2/c1-2-12-29-25-32(24-23-28(29)11-1)44-36-18-5-3-16-34(36)43(35-17-4-6-19-37(35)44)31-14-9-13-30(26-31)39-27-40-33-15-7-8-21-41(33)48-47(40)45-38-20-10-22-42(38)49-46(39)45/h1-9,11-19,21,23-27,38,42H,10,20,22H2. The molecule has 0 bridgehead atoms. The Hall–Kier alpha value is -5.86. The van der Waals surface area contributed by atoms with Crippen LogP contribution in [0.25, 0.3) is 87.6 Å². The summed E-state index contributed by atoms with van der Waals surface area (Å²) in [5, 5.41) is 9.91. The van der Waals surface area contributed by atoms with Crippen LogP contribution in [0.3, 0.4) is 0 Å². The summed E-state index contributed by atoms with van der Waals surface area (Å²) in [4.78, 5) is 0. The normalized spacial score (nSPS) is 16.9. The summed E-state index contributed by atoms with van der Waals surface area (Å²) in [5.74, 6) is 1.40. The zero-order chi connectivity index (χ0) is 32.1. The molecule has 1 fully saturated rings. The summed E-state index contributed by atoms with van der Waals surface area (Å²) in [6.07, 6.45) is 3.67. The second-order valence-corrected chi connectivity index (χ2v) is 13.8. The molecule has 0 spiro atoms. The first-order chi connectivity index (χ1) is 24.3. The summed E-state index contributed by atoms with van der Waals surface area (Å²) >= 11 is 0. The molecule has 8 aromatic carbocycles. The molecule has 2 aliphatic rings. The minimum atomic E-state index is 0.228. The molecule has 11 rings (SSSR count). The monoisotopic (exact) mass is 628 g/mol. The molecule has 2 unspecified atom stereocenters. The summed E-state index contributed by atoms with van der Waals surface area (Å²) in [5.41, 5.74) is 10.5. The van der Waals surface area contributed by atoms with Crippen molar-refractivity contribution >= 4 is 54.3 Å². The van der Waals surface area contributed by atoms with E-state index in [-0.39, 0.29) is 6.10 Å². The lowest BCUT2D eigenvalue weighted by Gasteiger charge is -2.19. The van der Waals surface area contributed by atoms with Crippen LogP contribution < -0.4 is 4.74 Å². The van der Waals surface area contributed by atoms with Gasteiger partial charge in [0.2, 0.25) is 0 Å². The second kappa shape index (κ2) is 10.3. The quantitative estimate of drug-likeness (QED) is 0.182. The van der Waals surface area contributed by atoms with Gasteiger partial charge in [-0.2, -0.15) is 0 Å². The van der Waals surface area contributed by atoms with Gasteiger partial charge < -0.3 is 9.15 Å². The third-order valence-electron chi connectivity index (χ3n) is 11.2. The second-order valence-electron chi connectivity index (χ2n) is 13.8. The van der Waals surface area contributed by atoms with E-state index in [4.69, 9.17) is 9.15 Å². The summed E-state index contributed by atoms with van der Waals surface area (Å²) in [6.45, 7) is 0. The highest BCUT2D eigenvalue weighted by Gasteiger charge is 2.42. The lowest BCUT2D eigenvalue weighted by atomic mass is 9.85. The number of para-hydroxylation sites is 1. The zero-order valence-electron chi connectivity index (χ0n) is 26.9. The molecule has 1 saturated carbocycles. The van der Waals surface area contributed by atoms with Crippen molar-refractivity contribution in [3.63, 3.8) is 0 Å². The van der Waals surface area contributed by atoms with E-state index in [2.05, 4.69) is 146 Å². The molecular weight excluding hydrogens is 597 g/mol. The third-order valence-corrected chi connectivity index (χ3v) is 11.2. The van der Waals surface area contributed by atoms with Crippen molar-refractivity contribution in [1.82, 2.24) is 0 Å². The van der Waals surface area contributed by atoms with Crippen molar-refractivity contribution < 1.29 is 9.15 Å². The van der Waals surface area contributed by atoms with E-state index in [1.807, 2.05) is 0 Å². The highest BCUT2D eigenvalue weighted by Crippen LogP contribution is 2.55. The number of benzene rings is 8. The molecule has 2 heterocycles. The van der Waals surface area contributed by atoms with Gasteiger partial charge in [-0.3, -0.25) is 0 Å². The Labute approximate surface area is 284 Å². The van der Waals surface area contributed by atoms with Gasteiger partial charge in [-0.25, -0.2) is 0 Å². The van der Waals surface area contributed by atoms with Gasteiger partial charge in [0.25, 0.3) is 0 Å². The van der Waals surface area contributed by atoms with Gasteiger partial charge in [-0.1, -0.05) is 121 Å². The molecule has 1 aliphatic carbocycles. The Morgan fingerprint density at radius 3 is 1.86 bits per heavy atom. The fourth-order valence-electron chi connectivity index (χ4n) is 9.03. The maximum atomic E-state index is 6.84. The molecule has 0 saturated heterocycles. The van der Waals surface area contributed by atoms with Crippen LogP contribution >= 0.6 is 0 Å². The van der Waals surface area contributed by atoms with Crippen molar-refractivity contribution in [3.8, 4) is 39.1 Å². The molecule has 0 N–H and O–H groups in total. The van der Waals surface area contributed by atoms with E-state index < -0.39 is 0 Å². The van der Waals surface area contributed by atoms with E-state index in [9.17, 15) is 0 Å². The van der Waals surface area contributed by atoms with Gasteiger partial charge in [0, 0.05) is 27.8 Å². The van der Waals surface area contributed by atoms with Gasteiger partial charge in [-0.15, -0.1) is 0 Å². The molecule has 0 radical (unpaired) electrons. The summed E-state index contributed by atoms with van der Waals surface area (Å²) < 4.78 is 13.4. The van der Waals surface area contributed by atoms with Crippen LogP contribution in [-0.4, -0.2) is 6.10 Å². The number of fused-ring (bicyclic) bond motifs is 10. The average Bonchev–Trinajstić information content (AvgIpc) is 3.87. The van der Waals surface area contributed by atoms with Crippen molar-refractivity contribution in [2.75, 3.05) is 0 Å². The summed E-state index contributed by atoms with van der Waals surface area (Å²) in [7, 11) is 0. The molecule has 1 aromatic heterocycles. The molecule has 49 heavy (non-hydrogen) atoms. The highest BCUT2D eigenvalue weighted by atomic mass is 16.5. The van der Waals surface area contributed by atoms with E-state index in [1.54, 1.807) is 0 Å². The average molecular weight is 629 g/mol. The van der Waals surface area contributed by atoms with Gasteiger partial charge in [-0.05, 0) is 104 Å². The molecule has 2 nitrogen and oxygen atoms in total. The Balaban J connectivity index is 1.16. The van der Waals surface area contributed by atoms with Gasteiger partial charge in [0.05, 0.1) is 0 Å². The Morgan fingerprint density at radius 2 is 1.10 bits per heavy atom. The molecule has 232 valence electrons. The smallest absolute Gasteiger partial charge is 0.142 e. The fraction of sp³-hybridized carbons (Fsp3) is 0.106. The highest BCUT2D eigenvalue weighted by molar-refractivity contribution is 6.22. The van der Waals surface area contributed by atoms with E-state index in [0.717, 1.165) is 35.3 Å². The van der Waals surface area contributed by atoms with Crippen LogP contribution in [0.1, 0.15) is 30.7 Å². The first-order valence-electron chi connectivity index (χ1n) is 17.5. The number of hydrogen-bond donors (Lipinski definition) is 0. The van der Waals surface area contributed by atoms with Crippen molar-refractivity contribution in [2.24, 2.45) is 0 Å². The number of ether oxygens (including phenoxy) is 1. The number of furan rings is 1. The lowest BCUT2D eigenvalue weighted by molar-refractivity contribution is 0.226. The maximum absolute atomic E-state index is 6.84. The van der Waals surface area contributed by atoms with Crippen LogP contribution in [0.2, 0.25) is 0 Å². The van der Waals surface area contributed by atoms with Crippen molar-refractivity contribution in [3.05, 3.63) is 151 Å². The minimum Gasteiger partial charge on any atom is -0.489 e. The van der Waals surface area contributed by atoms with Gasteiger partial charge in [0.15, 0.2) is 0 Å². The van der Waals surface area contributed by atoms with Crippen LogP contribution in [0, 0.1) is 0 Å². The molecule has 0 amide bonds.